The van der Waals surface area contributed by atoms with E-state index in [9.17, 15) is 0 Å². The summed E-state index contributed by atoms with van der Waals surface area (Å²) in [7, 11) is 1.64. The molecule has 2 aromatic heterocycles. The molecule has 0 spiro atoms. The van der Waals surface area contributed by atoms with E-state index in [1.165, 1.54) is 5.56 Å². The summed E-state index contributed by atoms with van der Waals surface area (Å²) in [6.07, 6.45) is 6.13. The third-order valence-corrected chi connectivity index (χ3v) is 5.38. The van der Waals surface area contributed by atoms with Crippen molar-refractivity contribution in [2.75, 3.05) is 33.4 Å². The molecule has 1 aliphatic rings. The molecule has 0 amide bonds. The van der Waals surface area contributed by atoms with E-state index in [1.54, 1.807) is 13.3 Å². The minimum Gasteiger partial charge on any atom is -0.475 e. The van der Waals surface area contributed by atoms with Crippen molar-refractivity contribution in [1.82, 2.24) is 20.0 Å². The standard InChI is InChI=1S/C23H28N4O3/c1-28-15-16-29-21-12-11-19(17-24-21)22-25-23(30-26-22)20-10-6-14-27(20)13-5-9-18-7-3-2-4-8-18/h2-4,7-8,11-12,17,20H,5-6,9-10,13-16H2,1H3. The SMILES string of the molecule is COCCOc1ccc(-c2noc(C3CCCN3CCCc3ccccc3)n2)cn1. The van der Waals surface area contributed by atoms with Gasteiger partial charge in [0.1, 0.15) is 6.61 Å². The van der Waals surface area contributed by atoms with Crippen LogP contribution in [0.25, 0.3) is 11.4 Å². The van der Waals surface area contributed by atoms with Crippen molar-refractivity contribution in [3.8, 4) is 17.3 Å². The van der Waals surface area contributed by atoms with Crippen LogP contribution < -0.4 is 4.74 Å². The maximum absolute atomic E-state index is 5.63. The average molecular weight is 409 g/mol. The lowest BCUT2D eigenvalue weighted by Crippen LogP contribution is -2.25. The topological polar surface area (TPSA) is 73.5 Å². The molecule has 30 heavy (non-hydrogen) atoms. The summed E-state index contributed by atoms with van der Waals surface area (Å²) in [6.45, 7) is 3.11. The highest BCUT2D eigenvalue weighted by atomic mass is 16.5. The van der Waals surface area contributed by atoms with Crippen molar-refractivity contribution in [3.63, 3.8) is 0 Å². The van der Waals surface area contributed by atoms with Crippen LogP contribution in [0.15, 0.2) is 53.2 Å². The molecule has 0 aliphatic carbocycles. The number of aryl methyl sites for hydroxylation is 1. The Morgan fingerprint density at radius 3 is 2.83 bits per heavy atom. The van der Waals surface area contributed by atoms with E-state index in [0.717, 1.165) is 44.3 Å². The summed E-state index contributed by atoms with van der Waals surface area (Å²) in [5.41, 5.74) is 2.20. The van der Waals surface area contributed by atoms with E-state index < -0.39 is 0 Å². The summed E-state index contributed by atoms with van der Waals surface area (Å²) in [6, 6.07) is 14.5. The van der Waals surface area contributed by atoms with Crippen molar-refractivity contribution in [2.45, 2.75) is 31.7 Å². The Labute approximate surface area is 177 Å². The van der Waals surface area contributed by atoms with Gasteiger partial charge >= 0.3 is 0 Å². The van der Waals surface area contributed by atoms with Gasteiger partial charge in [0.05, 0.1) is 12.6 Å². The Balaban J connectivity index is 1.34. The molecule has 1 saturated heterocycles. The zero-order valence-corrected chi connectivity index (χ0v) is 17.4. The Kier molecular flexibility index (Phi) is 7.05. The first-order chi connectivity index (χ1) is 14.8. The van der Waals surface area contributed by atoms with Crippen LogP contribution in [0.5, 0.6) is 5.88 Å². The van der Waals surface area contributed by atoms with Gasteiger partial charge in [-0.05, 0) is 50.4 Å². The molecule has 1 atom stereocenters. The van der Waals surface area contributed by atoms with Gasteiger partial charge in [0.2, 0.25) is 17.6 Å². The maximum Gasteiger partial charge on any atom is 0.244 e. The zero-order valence-electron chi connectivity index (χ0n) is 17.4. The molecule has 0 saturated carbocycles. The molecule has 7 heteroatoms. The number of aromatic nitrogens is 3. The van der Waals surface area contributed by atoms with E-state index in [2.05, 4.69) is 50.4 Å². The van der Waals surface area contributed by atoms with Crippen molar-refractivity contribution >= 4 is 0 Å². The Morgan fingerprint density at radius 1 is 1.13 bits per heavy atom. The normalized spacial score (nSPS) is 16.8. The van der Waals surface area contributed by atoms with E-state index in [-0.39, 0.29) is 6.04 Å². The first-order valence-corrected chi connectivity index (χ1v) is 10.5. The van der Waals surface area contributed by atoms with Crippen LogP contribution in [0.3, 0.4) is 0 Å². The number of likely N-dealkylation sites (tertiary alicyclic amines) is 1. The van der Waals surface area contributed by atoms with Crippen LogP contribution in [-0.4, -0.2) is 53.4 Å². The highest BCUT2D eigenvalue weighted by Gasteiger charge is 2.30. The first kappa shape index (κ1) is 20.5. The zero-order chi connectivity index (χ0) is 20.6. The number of methoxy groups -OCH3 is 1. The monoisotopic (exact) mass is 408 g/mol. The van der Waals surface area contributed by atoms with Gasteiger partial charge in [-0.2, -0.15) is 4.98 Å². The Hall–Kier alpha value is -2.77. The molecular formula is C23H28N4O3. The van der Waals surface area contributed by atoms with Crippen LogP contribution in [0, 0.1) is 0 Å². The molecule has 0 N–H and O–H groups in total. The molecule has 1 fully saturated rings. The minimum absolute atomic E-state index is 0.201. The number of pyridine rings is 1. The van der Waals surface area contributed by atoms with Gasteiger partial charge < -0.3 is 14.0 Å². The summed E-state index contributed by atoms with van der Waals surface area (Å²) in [4.78, 5) is 11.4. The second-order valence-electron chi connectivity index (χ2n) is 7.47. The summed E-state index contributed by atoms with van der Waals surface area (Å²) >= 11 is 0. The second-order valence-corrected chi connectivity index (χ2v) is 7.47. The molecule has 7 nitrogen and oxygen atoms in total. The average Bonchev–Trinajstić information content (AvgIpc) is 3.45. The highest BCUT2D eigenvalue weighted by Crippen LogP contribution is 2.32. The van der Waals surface area contributed by atoms with Gasteiger partial charge in [0.15, 0.2) is 0 Å². The fourth-order valence-corrected chi connectivity index (χ4v) is 3.82. The van der Waals surface area contributed by atoms with Crippen LogP contribution in [0.4, 0.5) is 0 Å². The van der Waals surface area contributed by atoms with E-state index in [1.807, 2.05) is 12.1 Å². The fraction of sp³-hybridized carbons (Fsp3) is 0.435. The van der Waals surface area contributed by atoms with Gasteiger partial charge in [0.25, 0.3) is 0 Å². The van der Waals surface area contributed by atoms with Crippen molar-refractivity contribution in [1.29, 1.82) is 0 Å². The van der Waals surface area contributed by atoms with Crippen molar-refractivity contribution in [2.24, 2.45) is 0 Å². The number of ether oxygens (including phenoxy) is 2. The van der Waals surface area contributed by atoms with E-state index >= 15 is 0 Å². The van der Waals surface area contributed by atoms with Gasteiger partial charge in [-0.1, -0.05) is 35.5 Å². The van der Waals surface area contributed by atoms with Gasteiger partial charge in [0, 0.05) is 24.9 Å². The minimum atomic E-state index is 0.201. The fourth-order valence-electron chi connectivity index (χ4n) is 3.82. The number of rotatable bonds is 10. The molecule has 0 radical (unpaired) electrons. The largest absolute Gasteiger partial charge is 0.475 e. The van der Waals surface area contributed by atoms with E-state index in [0.29, 0.717) is 30.8 Å². The second kappa shape index (κ2) is 10.3. The number of hydrogen-bond acceptors (Lipinski definition) is 7. The number of benzene rings is 1. The molecule has 3 aromatic rings. The number of nitrogens with zero attached hydrogens (tertiary/aromatic N) is 4. The van der Waals surface area contributed by atoms with Crippen LogP contribution in [-0.2, 0) is 11.2 Å². The highest BCUT2D eigenvalue weighted by molar-refractivity contribution is 5.53. The van der Waals surface area contributed by atoms with Crippen molar-refractivity contribution < 1.29 is 14.0 Å². The lowest BCUT2D eigenvalue weighted by Gasteiger charge is -2.21. The summed E-state index contributed by atoms with van der Waals surface area (Å²) in [5.74, 6) is 1.82. The molecule has 1 aliphatic heterocycles. The predicted octanol–water partition coefficient (Wildman–Crippen LogP) is 3.93. The molecular weight excluding hydrogens is 380 g/mol. The summed E-state index contributed by atoms with van der Waals surface area (Å²) < 4.78 is 16.1. The first-order valence-electron chi connectivity index (χ1n) is 10.5. The third kappa shape index (κ3) is 5.23. The molecule has 1 aromatic carbocycles. The molecule has 158 valence electrons. The van der Waals surface area contributed by atoms with Gasteiger partial charge in [-0.25, -0.2) is 4.98 Å². The molecule has 1 unspecified atom stereocenters. The van der Waals surface area contributed by atoms with Crippen LogP contribution in [0.1, 0.15) is 36.8 Å². The van der Waals surface area contributed by atoms with Crippen molar-refractivity contribution in [3.05, 3.63) is 60.1 Å². The summed E-state index contributed by atoms with van der Waals surface area (Å²) in [5, 5.41) is 4.18. The lowest BCUT2D eigenvalue weighted by molar-refractivity contribution is 0.144. The molecule has 0 bridgehead atoms. The van der Waals surface area contributed by atoms with Crippen LogP contribution >= 0.6 is 0 Å². The molecule has 4 rings (SSSR count). The van der Waals surface area contributed by atoms with Gasteiger partial charge in [-0.15, -0.1) is 0 Å². The number of hydrogen-bond donors (Lipinski definition) is 0. The van der Waals surface area contributed by atoms with Crippen LogP contribution in [0.2, 0.25) is 0 Å². The maximum atomic E-state index is 5.63. The Morgan fingerprint density at radius 2 is 2.03 bits per heavy atom. The lowest BCUT2D eigenvalue weighted by atomic mass is 10.1. The Bertz CT molecular complexity index is 898. The molecule has 3 heterocycles. The smallest absolute Gasteiger partial charge is 0.244 e. The van der Waals surface area contributed by atoms with E-state index in [4.69, 9.17) is 14.0 Å². The van der Waals surface area contributed by atoms with Gasteiger partial charge in [-0.3, -0.25) is 4.90 Å². The third-order valence-electron chi connectivity index (χ3n) is 5.38. The quantitative estimate of drug-likeness (QED) is 0.471. The predicted molar refractivity (Wildman–Crippen MR) is 113 cm³/mol.